The number of nitrogens with one attached hydrogen (secondary N) is 2. The van der Waals surface area contributed by atoms with E-state index in [2.05, 4.69) is 10.6 Å². The Bertz CT molecular complexity index is 861. The quantitative estimate of drug-likeness (QED) is 0.211. The lowest BCUT2D eigenvalue weighted by Gasteiger charge is -2.10. The highest BCUT2D eigenvalue weighted by Crippen LogP contribution is 2.29. The van der Waals surface area contributed by atoms with Crippen molar-refractivity contribution in [1.29, 1.82) is 0 Å². The van der Waals surface area contributed by atoms with Crippen LogP contribution in [0.2, 0.25) is 0 Å². The molecule has 1 amide bonds. The Hall–Kier alpha value is -2.42. The van der Waals surface area contributed by atoms with Crippen molar-refractivity contribution in [1.82, 2.24) is 10.6 Å². The number of halogens is 1. The number of nitro benzene ring substituents is 1. The molecule has 150 valence electrons. The van der Waals surface area contributed by atoms with Crippen molar-refractivity contribution in [2.24, 2.45) is 0 Å². The van der Waals surface area contributed by atoms with Gasteiger partial charge in [0.25, 0.3) is 11.6 Å². The van der Waals surface area contributed by atoms with Gasteiger partial charge in [0.15, 0.2) is 5.78 Å². The van der Waals surface area contributed by atoms with Gasteiger partial charge in [-0.1, -0.05) is 25.1 Å². The molecule has 2 aromatic rings. The fourth-order valence-electron chi connectivity index (χ4n) is 2.54. The first-order valence-corrected chi connectivity index (χ1v) is 9.67. The second-order valence-electron chi connectivity index (χ2n) is 5.63. The number of hydrogen-bond donors (Lipinski definition) is 2. The van der Waals surface area contributed by atoms with Gasteiger partial charge >= 0.3 is 0 Å². The molecule has 0 fully saturated rings. The van der Waals surface area contributed by atoms with Crippen LogP contribution in [0.4, 0.5) is 5.69 Å². The number of nitrogens with zero attached hydrogens (tertiary/aromatic N) is 1. The topological polar surface area (TPSA) is 101 Å². The molecule has 0 bridgehead atoms. The van der Waals surface area contributed by atoms with E-state index in [9.17, 15) is 19.7 Å². The summed E-state index contributed by atoms with van der Waals surface area (Å²) in [7, 11) is 0. The number of amides is 1. The molecule has 2 rings (SSSR count). The number of rotatable bonds is 9. The molecule has 0 aliphatic carbocycles. The number of benzene rings is 2. The molecule has 2 aromatic carbocycles. The summed E-state index contributed by atoms with van der Waals surface area (Å²) < 4.78 is 0. The fraction of sp³-hybridized carbons (Fsp3) is 0.263. The molecule has 0 atom stereocenters. The summed E-state index contributed by atoms with van der Waals surface area (Å²) in [6.45, 7) is 3.83. The van der Waals surface area contributed by atoms with Crippen LogP contribution in [-0.4, -0.2) is 42.5 Å². The molecule has 0 aliphatic heterocycles. The predicted octanol–water partition coefficient (Wildman–Crippen LogP) is 3.31. The lowest BCUT2D eigenvalue weighted by atomic mass is 9.97. The van der Waals surface area contributed by atoms with Gasteiger partial charge in [0.05, 0.1) is 15.4 Å². The van der Waals surface area contributed by atoms with Crippen molar-refractivity contribution < 1.29 is 14.5 Å². The minimum Gasteiger partial charge on any atom is -0.351 e. The average Bonchev–Trinajstić information content (AvgIpc) is 2.70. The molecular weight excluding hydrogens is 402 g/mol. The van der Waals surface area contributed by atoms with Gasteiger partial charge in [-0.2, -0.15) is 0 Å². The molecule has 28 heavy (non-hydrogen) atoms. The van der Waals surface area contributed by atoms with E-state index in [0.717, 1.165) is 6.54 Å². The number of likely N-dealkylation sites (N-methyl/N-ethyl adjacent to an activating group) is 1. The maximum atomic E-state index is 12.9. The number of ketones is 1. The summed E-state index contributed by atoms with van der Waals surface area (Å²) in [6.07, 6.45) is 1.73. The summed E-state index contributed by atoms with van der Waals surface area (Å²) in [5.41, 5.74) is 0.508. The van der Waals surface area contributed by atoms with Crippen LogP contribution in [0.5, 0.6) is 0 Å². The third-order valence-electron chi connectivity index (χ3n) is 3.89. The van der Waals surface area contributed by atoms with E-state index in [0.29, 0.717) is 18.0 Å². The standard InChI is InChI=1S/C19H21N3O4S.ClH/c1-3-20-10-11-21-19(24)15-7-5-4-6-14(15)18(23)13-8-9-17(27-2)16(12-13)22(25)26;/h4-9,12,20H,3,10-11H2,1-2H3,(H,21,24);1H. The van der Waals surface area contributed by atoms with Gasteiger partial charge < -0.3 is 10.6 Å². The lowest BCUT2D eigenvalue weighted by Crippen LogP contribution is -2.32. The predicted molar refractivity (Wildman–Crippen MR) is 113 cm³/mol. The summed E-state index contributed by atoms with van der Waals surface area (Å²) in [6, 6.07) is 10.8. The maximum Gasteiger partial charge on any atom is 0.283 e. The number of carbonyl (C=O) groups is 2. The van der Waals surface area contributed by atoms with Gasteiger partial charge in [-0.05, 0) is 31.0 Å². The monoisotopic (exact) mass is 423 g/mol. The van der Waals surface area contributed by atoms with Crippen molar-refractivity contribution in [2.45, 2.75) is 11.8 Å². The summed E-state index contributed by atoms with van der Waals surface area (Å²) in [5, 5.41) is 17.1. The van der Waals surface area contributed by atoms with E-state index >= 15 is 0 Å². The Morgan fingerprint density at radius 3 is 2.39 bits per heavy atom. The lowest BCUT2D eigenvalue weighted by molar-refractivity contribution is -0.387. The van der Waals surface area contributed by atoms with E-state index < -0.39 is 10.7 Å². The molecule has 0 radical (unpaired) electrons. The summed E-state index contributed by atoms with van der Waals surface area (Å²) in [5.74, 6) is -0.782. The normalized spacial score (nSPS) is 10.1. The minimum atomic E-state index is -0.512. The zero-order chi connectivity index (χ0) is 19.8. The van der Waals surface area contributed by atoms with Gasteiger partial charge in [-0.3, -0.25) is 19.7 Å². The van der Waals surface area contributed by atoms with Crippen molar-refractivity contribution in [3.63, 3.8) is 0 Å². The average molecular weight is 424 g/mol. The molecule has 2 N–H and O–H groups in total. The van der Waals surface area contributed by atoms with Crippen LogP contribution in [0, 0.1) is 10.1 Å². The highest BCUT2D eigenvalue weighted by atomic mass is 35.5. The third kappa shape index (κ3) is 5.79. The molecule has 9 heteroatoms. The Labute approximate surface area is 173 Å². The zero-order valence-corrected chi connectivity index (χ0v) is 17.2. The molecule has 0 saturated heterocycles. The number of hydrogen-bond acceptors (Lipinski definition) is 6. The van der Waals surface area contributed by atoms with Crippen LogP contribution in [-0.2, 0) is 0 Å². The van der Waals surface area contributed by atoms with Crippen molar-refractivity contribution in [3.05, 3.63) is 69.3 Å². The van der Waals surface area contributed by atoms with E-state index in [1.165, 1.54) is 17.8 Å². The number of carbonyl (C=O) groups excluding carboxylic acids is 2. The first kappa shape index (κ1) is 23.6. The Balaban J connectivity index is 0.00000392. The van der Waals surface area contributed by atoms with Crippen LogP contribution in [0.3, 0.4) is 0 Å². The molecule has 0 heterocycles. The van der Waals surface area contributed by atoms with Crippen LogP contribution >= 0.6 is 24.2 Å². The molecule has 0 unspecified atom stereocenters. The van der Waals surface area contributed by atoms with E-state index in [1.54, 1.807) is 42.7 Å². The van der Waals surface area contributed by atoms with Crippen molar-refractivity contribution >= 4 is 41.5 Å². The van der Waals surface area contributed by atoms with Crippen LogP contribution in [0.25, 0.3) is 0 Å². The Morgan fingerprint density at radius 2 is 1.79 bits per heavy atom. The smallest absolute Gasteiger partial charge is 0.283 e. The van der Waals surface area contributed by atoms with E-state index in [-0.39, 0.29) is 40.7 Å². The molecular formula is C19H22ClN3O4S. The highest BCUT2D eigenvalue weighted by Gasteiger charge is 2.21. The van der Waals surface area contributed by atoms with Gasteiger partial charge in [0.2, 0.25) is 0 Å². The van der Waals surface area contributed by atoms with Crippen molar-refractivity contribution in [2.75, 3.05) is 25.9 Å². The van der Waals surface area contributed by atoms with Gasteiger partial charge in [-0.25, -0.2) is 0 Å². The Kier molecular flexibility index (Phi) is 9.64. The largest absolute Gasteiger partial charge is 0.351 e. The second-order valence-corrected chi connectivity index (χ2v) is 6.48. The highest BCUT2D eigenvalue weighted by molar-refractivity contribution is 7.98. The first-order valence-electron chi connectivity index (χ1n) is 8.44. The SMILES string of the molecule is CCNCCNC(=O)c1ccccc1C(=O)c1ccc(SC)c([N+](=O)[O-])c1.Cl. The molecule has 7 nitrogen and oxygen atoms in total. The summed E-state index contributed by atoms with van der Waals surface area (Å²) >= 11 is 1.24. The fourth-order valence-corrected chi connectivity index (χ4v) is 3.09. The Morgan fingerprint density at radius 1 is 1.11 bits per heavy atom. The number of thioether (sulfide) groups is 1. The van der Waals surface area contributed by atoms with E-state index in [4.69, 9.17) is 0 Å². The minimum absolute atomic E-state index is 0. The first-order chi connectivity index (χ1) is 13.0. The van der Waals surface area contributed by atoms with Crippen LogP contribution < -0.4 is 10.6 Å². The van der Waals surface area contributed by atoms with Crippen LogP contribution in [0.1, 0.15) is 33.2 Å². The van der Waals surface area contributed by atoms with Gasteiger partial charge in [-0.15, -0.1) is 24.2 Å². The van der Waals surface area contributed by atoms with Crippen LogP contribution in [0.15, 0.2) is 47.4 Å². The molecule has 0 spiro atoms. The van der Waals surface area contributed by atoms with Gasteiger partial charge in [0, 0.05) is 30.3 Å². The second kappa shape index (κ2) is 11.4. The molecule has 0 saturated carbocycles. The summed E-state index contributed by atoms with van der Waals surface area (Å²) in [4.78, 5) is 36.6. The van der Waals surface area contributed by atoms with Crippen molar-refractivity contribution in [3.8, 4) is 0 Å². The molecule has 0 aliphatic rings. The van der Waals surface area contributed by atoms with E-state index in [1.807, 2.05) is 6.92 Å². The number of nitro groups is 1. The third-order valence-corrected chi connectivity index (χ3v) is 4.68. The van der Waals surface area contributed by atoms with Gasteiger partial charge in [0.1, 0.15) is 0 Å². The zero-order valence-electron chi connectivity index (χ0n) is 15.6. The maximum absolute atomic E-state index is 12.9. The molecule has 0 aromatic heterocycles.